The van der Waals surface area contributed by atoms with Crippen molar-refractivity contribution in [3.05, 3.63) is 98.8 Å². The van der Waals surface area contributed by atoms with Gasteiger partial charge < -0.3 is 19.4 Å². The smallest absolute Gasteiger partial charge is 0.256 e. The molecule has 0 atom stereocenters. The van der Waals surface area contributed by atoms with E-state index in [1.54, 1.807) is 4.57 Å². The number of Topliss-reactive ketones (excluding diaryl/α,β-unsaturated/α-hetero) is 1. The molecule has 0 unspecified atom stereocenters. The summed E-state index contributed by atoms with van der Waals surface area (Å²) in [5, 5.41) is 4.17. The molecule has 4 aromatic rings. The Morgan fingerprint density at radius 1 is 0.917 bits per heavy atom. The van der Waals surface area contributed by atoms with Crippen LogP contribution in [0.1, 0.15) is 27.8 Å². The number of rotatable bonds is 7. The Morgan fingerprint density at radius 3 is 2.28 bits per heavy atom. The van der Waals surface area contributed by atoms with Crippen LogP contribution in [0.2, 0.25) is 0 Å². The zero-order valence-corrected chi connectivity index (χ0v) is 20.9. The van der Waals surface area contributed by atoms with Gasteiger partial charge in [0.05, 0.1) is 12.1 Å². The molecule has 184 valence electrons. The van der Waals surface area contributed by atoms with Crippen molar-refractivity contribution in [2.24, 2.45) is 0 Å². The number of hydrogen-bond donors (Lipinski definition) is 1. The van der Waals surface area contributed by atoms with E-state index in [4.69, 9.17) is 9.47 Å². The second-order valence-corrected chi connectivity index (χ2v) is 9.42. The standard InChI is InChI=1S/C30H30N2O4/c1-19-7-9-24(10-8-19)31-17-23-13-22-14-28-29(36-12-11-35-28)16-27(22)32(30(23)34)18-25(33)15-26-20(2)5-4-6-21(26)3/h4-10,13-14,16,31H,11-12,15,17-18H2,1-3H3. The van der Waals surface area contributed by atoms with Gasteiger partial charge >= 0.3 is 0 Å². The molecule has 3 aromatic carbocycles. The fourth-order valence-electron chi connectivity index (χ4n) is 4.68. The number of hydrogen-bond acceptors (Lipinski definition) is 5. The summed E-state index contributed by atoms with van der Waals surface area (Å²) in [7, 11) is 0. The van der Waals surface area contributed by atoms with E-state index >= 15 is 0 Å². The molecule has 0 fully saturated rings. The predicted molar refractivity (Wildman–Crippen MR) is 142 cm³/mol. The summed E-state index contributed by atoms with van der Waals surface area (Å²) in [4.78, 5) is 26.9. The highest BCUT2D eigenvalue weighted by Gasteiger charge is 2.19. The zero-order valence-electron chi connectivity index (χ0n) is 20.9. The van der Waals surface area contributed by atoms with Gasteiger partial charge in [0.1, 0.15) is 13.2 Å². The van der Waals surface area contributed by atoms with Crippen LogP contribution in [0.25, 0.3) is 10.9 Å². The van der Waals surface area contributed by atoms with E-state index in [1.165, 1.54) is 5.56 Å². The SMILES string of the molecule is Cc1ccc(NCc2cc3cc4c(cc3n(CC(=O)Cc3c(C)cccc3C)c2=O)OCCO4)cc1. The number of benzene rings is 3. The number of ketones is 1. The zero-order chi connectivity index (χ0) is 25.2. The Kier molecular flexibility index (Phi) is 6.51. The maximum absolute atomic E-state index is 13.6. The van der Waals surface area contributed by atoms with E-state index in [9.17, 15) is 9.59 Å². The van der Waals surface area contributed by atoms with Gasteiger partial charge in [-0.05, 0) is 61.7 Å². The first kappa shape index (κ1) is 23.7. The van der Waals surface area contributed by atoms with Crippen LogP contribution in [0.3, 0.4) is 0 Å². The molecule has 0 aliphatic carbocycles. The monoisotopic (exact) mass is 482 g/mol. The Bertz CT molecular complexity index is 1480. The number of fused-ring (bicyclic) bond motifs is 2. The number of aromatic nitrogens is 1. The molecule has 0 spiro atoms. The topological polar surface area (TPSA) is 69.6 Å². The van der Waals surface area contributed by atoms with Gasteiger partial charge in [0.2, 0.25) is 0 Å². The Labute approximate surface area is 210 Å². The lowest BCUT2D eigenvalue weighted by molar-refractivity contribution is -0.119. The number of nitrogens with zero attached hydrogens (tertiary/aromatic N) is 1. The van der Waals surface area contributed by atoms with Gasteiger partial charge in [-0.25, -0.2) is 0 Å². The van der Waals surface area contributed by atoms with Crippen LogP contribution in [0, 0.1) is 20.8 Å². The molecule has 5 rings (SSSR count). The van der Waals surface area contributed by atoms with Crippen LogP contribution in [0.15, 0.2) is 65.5 Å². The van der Waals surface area contributed by atoms with Crippen LogP contribution in [-0.4, -0.2) is 23.6 Å². The third-order valence-corrected chi connectivity index (χ3v) is 6.72. The van der Waals surface area contributed by atoms with Crippen molar-refractivity contribution in [2.45, 2.75) is 40.3 Å². The first-order valence-electron chi connectivity index (χ1n) is 12.2. The average molecular weight is 483 g/mol. The first-order chi connectivity index (χ1) is 17.4. The fraction of sp³-hybridized carbons (Fsp3) is 0.267. The van der Waals surface area contributed by atoms with Crippen molar-refractivity contribution in [3.8, 4) is 11.5 Å². The minimum atomic E-state index is -0.186. The highest BCUT2D eigenvalue weighted by molar-refractivity contribution is 5.87. The van der Waals surface area contributed by atoms with Crippen LogP contribution < -0.4 is 20.3 Å². The van der Waals surface area contributed by atoms with E-state index in [2.05, 4.69) is 5.32 Å². The van der Waals surface area contributed by atoms with Gasteiger partial charge in [-0.1, -0.05) is 35.9 Å². The number of aryl methyl sites for hydroxylation is 3. The van der Waals surface area contributed by atoms with Crippen molar-refractivity contribution in [1.29, 1.82) is 0 Å². The molecule has 0 saturated heterocycles. The number of carbonyl (C=O) groups is 1. The molecule has 0 bridgehead atoms. The summed E-state index contributed by atoms with van der Waals surface area (Å²) in [5.41, 5.74) is 6.34. The van der Waals surface area contributed by atoms with Gasteiger partial charge in [-0.3, -0.25) is 9.59 Å². The highest BCUT2D eigenvalue weighted by Crippen LogP contribution is 2.34. The van der Waals surface area contributed by atoms with Gasteiger partial charge in [-0.15, -0.1) is 0 Å². The normalized spacial score (nSPS) is 12.5. The molecule has 0 radical (unpaired) electrons. The quantitative estimate of drug-likeness (QED) is 0.396. The van der Waals surface area contributed by atoms with Gasteiger partial charge in [0.15, 0.2) is 17.3 Å². The minimum Gasteiger partial charge on any atom is -0.486 e. The summed E-state index contributed by atoms with van der Waals surface area (Å²) < 4.78 is 13.1. The molecule has 6 nitrogen and oxygen atoms in total. The summed E-state index contributed by atoms with van der Waals surface area (Å²) in [6, 6.07) is 19.6. The first-order valence-corrected chi connectivity index (χ1v) is 12.2. The van der Waals surface area contributed by atoms with Crippen LogP contribution >= 0.6 is 0 Å². The lowest BCUT2D eigenvalue weighted by Crippen LogP contribution is -2.29. The van der Waals surface area contributed by atoms with E-state index in [1.807, 2.05) is 81.4 Å². The van der Waals surface area contributed by atoms with E-state index in [0.717, 1.165) is 27.8 Å². The van der Waals surface area contributed by atoms with Gasteiger partial charge in [0.25, 0.3) is 5.56 Å². The number of carbonyl (C=O) groups excluding carboxylic acids is 1. The molecule has 6 heteroatoms. The number of pyridine rings is 1. The minimum absolute atomic E-state index is 0.0128. The third-order valence-electron chi connectivity index (χ3n) is 6.72. The maximum Gasteiger partial charge on any atom is 0.256 e. The lowest BCUT2D eigenvalue weighted by Gasteiger charge is -2.21. The van der Waals surface area contributed by atoms with Crippen LogP contribution in [0.5, 0.6) is 11.5 Å². The average Bonchev–Trinajstić information content (AvgIpc) is 2.87. The summed E-state index contributed by atoms with van der Waals surface area (Å²) in [6.07, 6.45) is 0.281. The molecule has 1 aliphatic heterocycles. The van der Waals surface area contributed by atoms with Crippen molar-refractivity contribution in [3.63, 3.8) is 0 Å². The molecule has 0 amide bonds. The van der Waals surface area contributed by atoms with E-state index in [0.29, 0.717) is 42.3 Å². The predicted octanol–water partition coefficient (Wildman–Crippen LogP) is 5.12. The Hall–Kier alpha value is -4.06. The molecule has 1 aromatic heterocycles. The number of nitrogens with one attached hydrogen (secondary N) is 1. The summed E-state index contributed by atoms with van der Waals surface area (Å²) in [6.45, 7) is 7.32. The van der Waals surface area contributed by atoms with E-state index in [-0.39, 0.29) is 24.3 Å². The second-order valence-electron chi connectivity index (χ2n) is 9.42. The Morgan fingerprint density at radius 2 is 1.58 bits per heavy atom. The molecule has 2 heterocycles. The van der Waals surface area contributed by atoms with Crippen molar-refractivity contribution < 1.29 is 14.3 Å². The Balaban J connectivity index is 1.52. The molecular weight excluding hydrogens is 452 g/mol. The maximum atomic E-state index is 13.6. The van der Waals surface area contributed by atoms with Gasteiger partial charge in [0, 0.05) is 35.7 Å². The summed E-state index contributed by atoms with van der Waals surface area (Å²) >= 11 is 0. The molecular formula is C30H30N2O4. The van der Waals surface area contributed by atoms with Crippen LogP contribution in [0.4, 0.5) is 5.69 Å². The highest BCUT2D eigenvalue weighted by atomic mass is 16.6. The molecule has 1 N–H and O–H groups in total. The fourth-order valence-corrected chi connectivity index (χ4v) is 4.68. The molecule has 0 saturated carbocycles. The molecule has 1 aliphatic rings. The van der Waals surface area contributed by atoms with E-state index < -0.39 is 0 Å². The van der Waals surface area contributed by atoms with Crippen molar-refractivity contribution in [1.82, 2.24) is 4.57 Å². The summed E-state index contributed by atoms with van der Waals surface area (Å²) in [5.74, 6) is 1.22. The second kappa shape index (κ2) is 9.90. The van der Waals surface area contributed by atoms with Crippen molar-refractivity contribution in [2.75, 3.05) is 18.5 Å². The number of anilines is 1. The number of ether oxygens (including phenoxy) is 2. The third kappa shape index (κ3) is 4.85. The van der Waals surface area contributed by atoms with Crippen molar-refractivity contribution >= 4 is 22.4 Å². The lowest BCUT2D eigenvalue weighted by atomic mass is 9.98. The van der Waals surface area contributed by atoms with Gasteiger partial charge in [-0.2, -0.15) is 0 Å². The molecule has 36 heavy (non-hydrogen) atoms. The van der Waals surface area contributed by atoms with Crippen LogP contribution in [-0.2, 0) is 24.3 Å². The largest absolute Gasteiger partial charge is 0.486 e.